The number of rotatable bonds is 6. The van der Waals surface area contributed by atoms with Crippen molar-refractivity contribution in [2.75, 3.05) is 17.3 Å². The highest BCUT2D eigenvalue weighted by molar-refractivity contribution is 6.46. The van der Waals surface area contributed by atoms with Crippen molar-refractivity contribution in [1.29, 1.82) is 0 Å². The maximum absolute atomic E-state index is 14.5. The van der Waals surface area contributed by atoms with Crippen LogP contribution in [0.15, 0.2) is 72.4 Å². The van der Waals surface area contributed by atoms with Gasteiger partial charge in [0.05, 0.1) is 18.4 Å². The smallest absolute Gasteiger partial charge is 0.282 e. The molecule has 7 heteroatoms. The van der Waals surface area contributed by atoms with Crippen LogP contribution in [0.5, 0.6) is 5.75 Å². The SMILES string of the molecule is COc1ccc(C2=C(Nc3ccc(C(C)C)cc3)C(=O)N(c3cc(F)ccc3F)C2=O)cc1. The minimum absolute atomic E-state index is 0.0221. The molecule has 3 aromatic carbocycles. The van der Waals surface area contributed by atoms with E-state index in [1.807, 2.05) is 12.1 Å². The fourth-order valence-electron chi connectivity index (χ4n) is 3.64. The van der Waals surface area contributed by atoms with E-state index in [0.717, 1.165) is 23.8 Å². The van der Waals surface area contributed by atoms with E-state index >= 15 is 0 Å². The number of ether oxygens (including phenoxy) is 1. The summed E-state index contributed by atoms with van der Waals surface area (Å²) in [4.78, 5) is 27.4. The molecule has 168 valence electrons. The average molecular weight is 448 g/mol. The lowest BCUT2D eigenvalue weighted by atomic mass is 10.0. The number of hydrogen-bond donors (Lipinski definition) is 1. The number of carbonyl (C=O) groups is 2. The molecular weight excluding hydrogens is 426 g/mol. The predicted molar refractivity (Wildman–Crippen MR) is 123 cm³/mol. The third-order valence-corrected chi connectivity index (χ3v) is 5.46. The third kappa shape index (κ3) is 4.22. The molecular formula is C26H22F2N2O3. The van der Waals surface area contributed by atoms with E-state index in [-0.39, 0.29) is 11.3 Å². The summed E-state index contributed by atoms with van der Waals surface area (Å²) in [6.45, 7) is 4.13. The summed E-state index contributed by atoms with van der Waals surface area (Å²) in [5.74, 6) is -2.27. The molecule has 1 aliphatic rings. The van der Waals surface area contributed by atoms with Gasteiger partial charge in [-0.15, -0.1) is 0 Å². The van der Waals surface area contributed by atoms with Crippen LogP contribution in [0.1, 0.15) is 30.9 Å². The van der Waals surface area contributed by atoms with E-state index in [9.17, 15) is 18.4 Å². The number of nitrogens with one attached hydrogen (secondary N) is 1. The van der Waals surface area contributed by atoms with Gasteiger partial charge in [-0.05, 0) is 53.4 Å². The van der Waals surface area contributed by atoms with E-state index in [1.54, 1.807) is 36.4 Å². The standard InChI is InChI=1S/C26H22F2N2O3/c1-15(2)16-4-9-19(10-5-16)29-24-23(17-6-11-20(33-3)12-7-17)25(31)30(26(24)32)22-14-18(27)8-13-21(22)28/h4-15,29H,1-3H3. The molecule has 2 amide bonds. The molecule has 3 aromatic rings. The average Bonchev–Trinajstić information content (AvgIpc) is 3.05. The topological polar surface area (TPSA) is 58.6 Å². The summed E-state index contributed by atoms with van der Waals surface area (Å²) in [7, 11) is 1.51. The zero-order valence-corrected chi connectivity index (χ0v) is 18.4. The Bertz CT molecular complexity index is 1250. The second-order valence-corrected chi connectivity index (χ2v) is 7.92. The second kappa shape index (κ2) is 8.86. The predicted octanol–water partition coefficient (Wildman–Crippen LogP) is 5.49. The van der Waals surface area contributed by atoms with E-state index in [1.165, 1.54) is 7.11 Å². The first-order valence-corrected chi connectivity index (χ1v) is 10.4. The largest absolute Gasteiger partial charge is 0.497 e. The Kier molecular flexibility index (Phi) is 5.96. The third-order valence-electron chi connectivity index (χ3n) is 5.46. The van der Waals surface area contributed by atoms with Gasteiger partial charge in [-0.1, -0.05) is 38.1 Å². The van der Waals surface area contributed by atoms with Crippen molar-refractivity contribution in [3.05, 3.63) is 95.2 Å². The zero-order chi connectivity index (χ0) is 23.7. The first-order chi connectivity index (χ1) is 15.8. The monoisotopic (exact) mass is 448 g/mol. The molecule has 5 nitrogen and oxygen atoms in total. The molecule has 4 rings (SSSR count). The van der Waals surface area contributed by atoms with Gasteiger partial charge >= 0.3 is 0 Å². The molecule has 0 fully saturated rings. The minimum Gasteiger partial charge on any atom is -0.497 e. The molecule has 1 heterocycles. The maximum atomic E-state index is 14.5. The number of methoxy groups -OCH3 is 1. The molecule has 0 atom stereocenters. The Morgan fingerprint density at radius 3 is 2.15 bits per heavy atom. The fraction of sp³-hybridized carbons (Fsp3) is 0.154. The van der Waals surface area contributed by atoms with Gasteiger partial charge in [0.1, 0.15) is 23.1 Å². The van der Waals surface area contributed by atoms with E-state index < -0.39 is 29.1 Å². The highest BCUT2D eigenvalue weighted by atomic mass is 19.1. The second-order valence-electron chi connectivity index (χ2n) is 7.92. The molecule has 0 radical (unpaired) electrons. The maximum Gasteiger partial charge on any atom is 0.282 e. The summed E-state index contributed by atoms with van der Waals surface area (Å²) in [5.41, 5.74) is 1.73. The molecule has 0 aromatic heterocycles. The molecule has 0 saturated heterocycles. The Balaban J connectivity index is 1.80. The van der Waals surface area contributed by atoms with Crippen LogP contribution in [0.3, 0.4) is 0 Å². The molecule has 1 N–H and O–H groups in total. The van der Waals surface area contributed by atoms with Crippen molar-refractivity contribution in [2.24, 2.45) is 0 Å². The normalized spacial score (nSPS) is 13.8. The Hall–Kier alpha value is -4.00. The summed E-state index contributed by atoms with van der Waals surface area (Å²) < 4.78 is 33.5. The summed E-state index contributed by atoms with van der Waals surface area (Å²) in [5, 5.41) is 3.02. The van der Waals surface area contributed by atoms with Crippen LogP contribution in [0.25, 0.3) is 5.57 Å². The quantitative estimate of drug-likeness (QED) is 0.507. The number of nitrogens with zero attached hydrogens (tertiary/aromatic N) is 1. The molecule has 0 saturated carbocycles. The number of carbonyl (C=O) groups excluding carboxylic acids is 2. The highest BCUT2D eigenvalue weighted by Crippen LogP contribution is 2.35. The lowest BCUT2D eigenvalue weighted by Gasteiger charge is -2.16. The van der Waals surface area contributed by atoms with E-state index in [0.29, 0.717) is 27.8 Å². The Morgan fingerprint density at radius 1 is 0.879 bits per heavy atom. The van der Waals surface area contributed by atoms with Crippen molar-refractivity contribution in [3.8, 4) is 5.75 Å². The number of benzene rings is 3. The molecule has 0 unspecified atom stereocenters. The zero-order valence-electron chi connectivity index (χ0n) is 18.4. The van der Waals surface area contributed by atoms with Crippen LogP contribution < -0.4 is 15.0 Å². The van der Waals surface area contributed by atoms with Gasteiger partial charge in [-0.25, -0.2) is 13.7 Å². The summed E-state index contributed by atoms with van der Waals surface area (Å²) in [6, 6.07) is 16.7. The van der Waals surface area contributed by atoms with Gasteiger partial charge in [-0.3, -0.25) is 9.59 Å². The highest BCUT2D eigenvalue weighted by Gasteiger charge is 2.41. The molecule has 0 aliphatic carbocycles. The molecule has 0 bridgehead atoms. The van der Waals surface area contributed by atoms with Crippen LogP contribution in [-0.4, -0.2) is 18.9 Å². The number of hydrogen-bond acceptors (Lipinski definition) is 4. The van der Waals surface area contributed by atoms with Gasteiger partial charge in [0.2, 0.25) is 0 Å². The van der Waals surface area contributed by atoms with Crippen LogP contribution in [0.2, 0.25) is 0 Å². The first kappa shape index (κ1) is 22.2. The van der Waals surface area contributed by atoms with Gasteiger partial charge in [0.15, 0.2) is 0 Å². The number of halogens is 2. The van der Waals surface area contributed by atoms with Gasteiger partial charge in [-0.2, -0.15) is 0 Å². The number of anilines is 2. The summed E-state index contributed by atoms with van der Waals surface area (Å²) >= 11 is 0. The van der Waals surface area contributed by atoms with Crippen LogP contribution in [0, 0.1) is 11.6 Å². The van der Waals surface area contributed by atoms with Crippen LogP contribution >= 0.6 is 0 Å². The van der Waals surface area contributed by atoms with Crippen molar-refractivity contribution in [1.82, 2.24) is 0 Å². The van der Waals surface area contributed by atoms with Crippen LogP contribution in [-0.2, 0) is 9.59 Å². The van der Waals surface area contributed by atoms with Crippen molar-refractivity contribution in [3.63, 3.8) is 0 Å². The Labute approximate surface area is 190 Å². The van der Waals surface area contributed by atoms with Crippen molar-refractivity contribution < 1.29 is 23.1 Å². The molecule has 0 spiro atoms. The lowest BCUT2D eigenvalue weighted by Crippen LogP contribution is -2.33. The van der Waals surface area contributed by atoms with Crippen LogP contribution in [0.4, 0.5) is 20.2 Å². The Morgan fingerprint density at radius 2 is 1.55 bits per heavy atom. The van der Waals surface area contributed by atoms with E-state index in [2.05, 4.69) is 19.2 Å². The minimum atomic E-state index is -0.880. The van der Waals surface area contributed by atoms with Gasteiger partial charge in [0.25, 0.3) is 11.8 Å². The fourth-order valence-corrected chi connectivity index (χ4v) is 3.64. The van der Waals surface area contributed by atoms with Crippen molar-refractivity contribution in [2.45, 2.75) is 19.8 Å². The molecule has 33 heavy (non-hydrogen) atoms. The number of imide groups is 1. The van der Waals surface area contributed by atoms with Gasteiger partial charge < -0.3 is 10.1 Å². The number of amides is 2. The summed E-state index contributed by atoms with van der Waals surface area (Å²) in [6.07, 6.45) is 0. The van der Waals surface area contributed by atoms with E-state index in [4.69, 9.17) is 4.74 Å². The first-order valence-electron chi connectivity index (χ1n) is 10.4. The molecule has 1 aliphatic heterocycles. The van der Waals surface area contributed by atoms with Crippen molar-refractivity contribution >= 4 is 28.8 Å². The van der Waals surface area contributed by atoms with Gasteiger partial charge in [0, 0.05) is 11.8 Å². The lowest BCUT2D eigenvalue weighted by molar-refractivity contribution is -0.120.